The van der Waals surface area contributed by atoms with Gasteiger partial charge in [-0.1, -0.05) is 17.7 Å². The lowest BCUT2D eigenvalue weighted by atomic mass is 10.2. The van der Waals surface area contributed by atoms with E-state index in [1.807, 2.05) is 25.2 Å². The lowest BCUT2D eigenvalue weighted by molar-refractivity contribution is 0.796. The first-order chi connectivity index (χ1) is 6.72. The Labute approximate surface area is 95.8 Å². The molecule has 1 heterocycles. The van der Waals surface area contributed by atoms with Crippen LogP contribution >= 0.6 is 27.5 Å². The summed E-state index contributed by atoms with van der Waals surface area (Å²) in [5.41, 5.74) is 2.21. The number of rotatable bonds is 2. The largest absolute Gasteiger partial charge is 0.356 e. The third-order valence-corrected chi connectivity index (χ3v) is 3.26. The first-order valence-electron chi connectivity index (χ1n) is 4.32. The van der Waals surface area contributed by atoms with Gasteiger partial charge >= 0.3 is 0 Å². The summed E-state index contributed by atoms with van der Waals surface area (Å²) in [5, 5.41) is 5.02. The molecule has 0 aliphatic heterocycles. The molecule has 0 unspecified atom stereocenters. The zero-order valence-corrected chi connectivity index (χ0v) is 10.0. The molecule has 0 fully saturated rings. The predicted molar refractivity (Wildman–Crippen MR) is 63.8 cm³/mol. The molecule has 74 valence electrons. The van der Waals surface area contributed by atoms with Crippen LogP contribution in [0.15, 0.2) is 22.7 Å². The van der Waals surface area contributed by atoms with Crippen molar-refractivity contribution in [2.24, 2.45) is 0 Å². The van der Waals surface area contributed by atoms with Crippen LogP contribution in [0, 0.1) is 0 Å². The molecule has 0 saturated carbocycles. The first-order valence-corrected chi connectivity index (χ1v) is 5.49. The van der Waals surface area contributed by atoms with E-state index in [9.17, 15) is 0 Å². The minimum atomic E-state index is 0.752. The van der Waals surface area contributed by atoms with Gasteiger partial charge in [-0.2, -0.15) is 0 Å². The van der Waals surface area contributed by atoms with Gasteiger partial charge in [0.15, 0.2) is 0 Å². The molecule has 0 atom stereocenters. The van der Waals surface area contributed by atoms with Gasteiger partial charge in [0.1, 0.15) is 0 Å². The SMILES string of the molecule is CNCc1[nH]c2cc(Cl)ccc2c1Br. The van der Waals surface area contributed by atoms with E-state index in [-0.39, 0.29) is 0 Å². The van der Waals surface area contributed by atoms with Crippen LogP contribution in [0.5, 0.6) is 0 Å². The summed E-state index contributed by atoms with van der Waals surface area (Å²) in [6.07, 6.45) is 0. The van der Waals surface area contributed by atoms with Crippen molar-refractivity contribution in [3.63, 3.8) is 0 Å². The van der Waals surface area contributed by atoms with E-state index in [0.717, 1.165) is 27.3 Å². The summed E-state index contributed by atoms with van der Waals surface area (Å²) in [6, 6.07) is 5.84. The van der Waals surface area contributed by atoms with Crippen LogP contribution in [-0.4, -0.2) is 12.0 Å². The van der Waals surface area contributed by atoms with Gasteiger partial charge in [-0.25, -0.2) is 0 Å². The topological polar surface area (TPSA) is 27.8 Å². The Bertz CT molecular complexity index is 464. The predicted octanol–water partition coefficient (Wildman–Crippen LogP) is 3.30. The van der Waals surface area contributed by atoms with Crippen LogP contribution < -0.4 is 5.32 Å². The highest BCUT2D eigenvalue weighted by Crippen LogP contribution is 2.29. The van der Waals surface area contributed by atoms with E-state index in [1.165, 1.54) is 5.39 Å². The Morgan fingerprint density at radius 3 is 3.00 bits per heavy atom. The number of halogens is 2. The highest BCUT2D eigenvalue weighted by Gasteiger charge is 2.07. The van der Waals surface area contributed by atoms with Crippen molar-refractivity contribution in [2.75, 3.05) is 7.05 Å². The van der Waals surface area contributed by atoms with Crippen LogP contribution in [-0.2, 0) is 6.54 Å². The van der Waals surface area contributed by atoms with E-state index in [1.54, 1.807) is 0 Å². The Hall–Kier alpha value is -0.510. The summed E-state index contributed by atoms with van der Waals surface area (Å²) < 4.78 is 1.11. The lowest BCUT2D eigenvalue weighted by Gasteiger charge is -1.95. The van der Waals surface area contributed by atoms with Crippen molar-refractivity contribution >= 4 is 38.4 Å². The summed E-state index contributed by atoms with van der Waals surface area (Å²) >= 11 is 9.47. The molecule has 0 amide bonds. The molecule has 2 aromatic rings. The average molecular weight is 274 g/mol. The second kappa shape index (κ2) is 3.93. The number of aromatic nitrogens is 1. The van der Waals surface area contributed by atoms with Crippen LogP contribution in [0.25, 0.3) is 10.9 Å². The van der Waals surface area contributed by atoms with Crippen LogP contribution in [0.1, 0.15) is 5.69 Å². The fourth-order valence-corrected chi connectivity index (χ4v) is 2.25. The monoisotopic (exact) mass is 272 g/mol. The number of nitrogens with one attached hydrogen (secondary N) is 2. The Balaban J connectivity index is 2.61. The van der Waals surface area contributed by atoms with Gasteiger partial charge < -0.3 is 10.3 Å². The number of H-pyrrole nitrogens is 1. The second-order valence-electron chi connectivity index (χ2n) is 3.14. The van der Waals surface area contributed by atoms with Gasteiger partial charge in [0.2, 0.25) is 0 Å². The molecule has 1 aromatic carbocycles. The fourth-order valence-electron chi connectivity index (χ4n) is 1.49. The number of fused-ring (bicyclic) bond motifs is 1. The molecule has 4 heteroatoms. The zero-order chi connectivity index (χ0) is 10.1. The van der Waals surface area contributed by atoms with E-state index in [0.29, 0.717) is 0 Å². The van der Waals surface area contributed by atoms with Crippen molar-refractivity contribution in [3.05, 3.63) is 33.4 Å². The smallest absolute Gasteiger partial charge is 0.0483 e. The van der Waals surface area contributed by atoms with Gasteiger partial charge in [0, 0.05) is 32.6 Å². The standard InChI is InChI=1S/C10H10BrClN2/c1-13-5-9-10(11)7-3-2-6(12)4-8(7)14-9/h2-4,13-14H,5H2,1H3. The van der Waals surface area contributed by atoms with E-state index in [2.05, 4.69) is 26.2 Å². The summed E-state index contributed by atoms with van der Waals surface area (Å²) in [7, 11) is 1.92. The molecule has 1 aromatic heterocycles. The van der Waals surface area contributed by atoms with Gasteiger partial charge in [-0.05, 0) is 35.1 Å². The molecule has 0 spiro atoms. The second-order valence-corrected chi connectivity index (χ2v) is 4.37. The van der Waals surface area contributed by atoms with Crippen molar-refractivity contribution in [2.45, 2.75) is 6.54 Å². The third kappa shape index (κ3) is 1.67. The van der Waals surface area contributed by atoms with Crippen LogP contribution in [0.4, 0.5) is 0 Å². The van der Waals surface area contributed by atoms with Gasteiger partial charge in [-0.15, -0.1) is 0 Å². The minimum absolute atomic E-state index is 0.752. The number of hydrogen-bond acceptors (Lipinski definition) is 1. The maximum atomic E-state index is 5.91. The average Bonchev–Trinajstić information content (AvgIpc) is 2.44. The minimum Gasteiger partial charge on any atom is -0.356 e. The maximum absolute atomic E-state index is 5.91. The quantitative estimate of drug-likeness (QED) is 0.863. The molecule has 2 nitrogen and oxygen atoms in total. The lowest BCUT2D eigenvalue weighted by Crippen LogP contribution is -2.05. The van der Waals surface area contributed by atoms with Crippen molar-refractivity contribution in [1.82, 2.24) is 10.3 Å². The Morgan fingerprint density at radius 1 is 1.50 bits per heavy atom. The molecule has 2 rings (SSSR count). The molecule has 0 aliphatic rings. The maximum Gasteiger partial charge on any atom is 0.0483 e. The Morgan fingerprint density at radius 2 is 2.29 bits per heavy atom. The highest BCUT2D eigenvalue weighted by molar-refractivity contribution is 9.10. The molecule has 0 bridgehead atoms. The van der Waals surface area contributed by atoms with Gasteiger partial charge in [0.05, 0.1) is 0 Å². The molecular formula is C10H10BrClN2. The summed E-state index contributed by atoms with van der Waals surface area (Å²) in [4.78, 5) is 3.31. The number of benzene rings is 1. The van der Waals surface area contributed by atoms with E-state index >= 15 is 0 Å². The Kier molecular flexibility index (Phi) is 2.81. The molecule has 0 aliphatic carbocycles. The fraction of sp³-hybridized carbons (Fsp3) is 0.200. The van der Waals surface area contributed by atoms with Gasteiger partial charge in [0.25, 0.3) is 0 Å². The molecule has 2 N–H and O–H groups in total. The van der Waals surface area contributed by atoms with Crippen LogP contribution in [0.3, 0.4) is 0 Å². The number of hydrogen-bond donors (Lipinski definition) is 2. The third-order valence-electron chi connectivity index (χ3n) is 2.12. The van der Waals surface area contributed by atoms with Crippen LogP contribution in [0.2, 0.25) is 5.02 Å². The highest BCUT2D eigenvalue weighted by atomic mass is 79.9. The zero-order valence-electron chi connectivity index (χ0n) is 7.70. The van der Waals surface area contributed by atoms with E-state index < -0.39 is 0 Å². The van der Waals surface area contributed by atoms with Crippen molar-refractivity contribution in [3.8, 4) is 0 Å². The summed E-state index contributed by atoms with van der Waals surface area (Å²) in [6.45, 7) is 0.812. The molecule has 14 heavy (non-hydrogen) atoms. The van der Waals surface area contributed by atoms with E-state index in [4.69, 9.17) is 11.6 Å². The normalized spacial score (nSPS) is 11.1. The summed E-state index contributed by atoms with van der Waals surface area (Å²) in [5.74, 6) is 0. The first kappa shape index (κ1) is 10.0. The number of aromatic amines is 1. The molecule has 0 saturated heterocycles. The van der Waals surface area contributed by atoms with Gasteiger partial charge in [-0.3, -0.25) is 0 Å². The molecular weight excluding hydrogens is 263 g/mol. The van der Waals surface area contributed by atoms with Crippen molar-refractivity contribution in [1.29, 1.82) is 0 Å². The molecule has 0 radical (unpaired) electrons. The van der Waals surface area contributed by atoms with Crippen molar-refractivity contribution < 1.29 is 0 Å².